The summed E-state index contributed by atoms with van der Waals surface area (Å²) in [7, 11) is 0. The Morgan fingerprint density at radius 1 is 1.36 bits per heavy atom. The fourth-order valence-corrected chi connectivity index (χ4v) is 1.21. The number of nitrogens with two attached hydrogens (primary N) is 1. The van der Waals surface area contributed by atoms with Crippen LogP contribution in [-0.4, -0.2) is 24.4 Å². The Kier molecular flexibility index (Phi) is 5.31. The maximum atomic E-state index is 11.7. The van der Waals surface area contributed by atoms with Gasteiger partial charge in [-0.15, -0.1) is 0 Å². The van der Waals surface area contributed by atoms with Crippen molar-refractivity contribution < 1.29 is 4.79 Å². The SMILES string of the molecule is CC(C)NCC[C@@H](N)C(=O)C(C)(C)C. The predicted octanol–water partition coefficient (Wildman–Crippen LogP) is 1.32. The molecular weight excluding hydrogens is 176 g/mol. The van der Waals surface area contributed by atoms with Gasteiger partial charge < -0.3 is 11.1 Å². The lowest BCUT2D eigenvalue weighted by Gasteiger charge is -2.22. The zero-order valence-corrected chi connectivity index (χ0v) is 10.1. The number of Topliss-reactive ketones (excluding diaryl/α,β-unsaturated/α-hetero) is 1. The van der Waals surface area contributed by atoms with Crippen LogP contribution in [0.4, 0.5) is 0 Å². The lowest BCUT2D eigenvalue weighted by atomic mass is 9.86. The van der Waals surface area contributed by atoms with Gasteiger partial charge in [0.05, 0.1) is 6.04 Å². The second-order valence-corrected chi connectivity index (χ2v) is 5.12. The van der Waals surface area contributed by atoms with E-state index >= 15 is 0 Å². The topological polar surface area (TPSA) is 55.1 Å². The van der Waals surface area contributed by atoms with Crippen molar-refractivity contribution >= 4 is 5.78 Å². The maximum absolute atomic E-state index is 11.7. The quantitative estimate of drug-likeness (QED) is 0.703. The molecule has 0 aliphatic rings. The summed E-state index contributed by atoms with van der Waals surface area (Å²) in [5, 5.41) is 3.25. The Morgan fingerprint density at radius 2 is 1.86 bits per heavy atom. The summed E-state index contributed by atoms with van der Waals surface area (Å²) in [6.45, 7) is 10.7. The van der Waals surface area contributed by atoms with Crippen molar-refractivity contribution in [3.63, 3.8) is 0 Å². The molecule has 0 saturated carbocycles. The molecule has 0 aliphatic heterocycles. The van der Waals surface area contributed by atoms with Gasteiger partial charge in [-0.2, -0.15) is 0 Å². The lowest BCUT2D eigenvalue weighted by Crippen LogP contribution is -2.41. The standard InChI is InChI=1S/C11H24N2O/c1-8(2)13-7-6-9(12)10(14)11(3,4)5/h8-9,13H,6-7,12H2,1-5H3/t9-/m1/s1. The Hall–Kier alpha value is -0.410. The number of hydrogen-bond acceptors (Lipinski definition) is 3. The van der Waals surface area contributed by atoms with Crippen LogP contribution in [0.15, 0.2) is 0 Å². The summed E-state index contributed by atoms with van der Waals surface area (Å²) in [5.41, 5.74) is 5.48. The van der Waals surface area contributed by atoms with Gasteiger partial charge in [-0.3, -0.25) is 4.79 Å². The first kappa shape index (κ1) is 13.6. The second kappa shape index (κ2) is 5.47. The molecule has 0 amide bonds. The Balaban J connectivity index is 3.86. The second-order valence-electron chi connectivity index (χ2n) is 5.12. The molecular formula is C11H24N2O. The van der Waals surface area contributed by atoms with E-state index in [9.17, 15) is 4.79 Å². The Morgan fingerprint density at radius 3 is 2.21 bits per heavy atom. The van der Waals surface area contributed by atoms with Crippen LogP contribution in [0.25, 0.3) is 0 Å². The van der Waals surface area contributed by atoms with Gasteiger partial charge in [0.2, 0.25) is 0 Å². The van der Waals surface area contributed by atoms with Crippen LogP contribution in [0.1, 0.15) is 41.0 Å². The number of nitrogens with one attached hydrogen (secondary N) is 1. The molecule has 3 nitrogen and oxygen atoms in total. The van der Waals surface area contributed by atoms with E-state index in [4.69, 9.17) is 5.73 Å². The van der Waals surface area contributed by atoms with E-state index in [2.05, 4.69) is 19.2 Å². The van der Waals surface area contributed by atoms with Gasteiger partial charge in [-0.1, -0.05) is 34.6 Å². The fourth-order valence-electron chi connectivity index (χ4n) is 1.21. The number of ketones is 1. The molecule has 0 bridgehead atoms. The van der Waals surface area contributed by atoms with E-state index in [1.165, 1.54) is 0 Å². The molecule has 0 fully saturated rings. The molecule has 0 spiro atoms. The fraction of sp³-hybridized carbons (Fsp3) is 0.909. The first-order chi connectivity index (χ1) is 6.25. The van der Waals surface area contributed by atoms with Crippen molar-refractivity contribution in [3.05, 3.63) is 0 Å². The third-order valence-electron chi connectivity index (χ3n) is 2.08. The van der Waals surface area contributed by atoms with Gasteiger partial charge in [0, 0.05) is 11.5 Å². The number of carbonyl (C=O) groups is 1. The van der Waals surface area contributed by atoms with E-state index in [1.54, 1.807) is 0 Å². The van der Waals surface area contributed by atoms with Crippen LogP contribution in [0.2, 0.25) is 0 Å². The van der Waals surface area contributed by atoms with Gasteiger partial charge in [-0.25, -0.2) is 0 Å². The molecule has 14 heavy (non-hydrogen) atoms. The molecule has 0 aromatic carbocycles. The molecule has 3 N–H and O–H groups in total. The lowest BCUT2D eigenvalue weighted by molar-refractivity contribution is -0.127. The normalized spacial score (nSPS) is 14.5. The molecule has 0 saturated heterocycles. The van der Waals surface area contributed by atoms with E-state index in [0.29, 0.717) is 12.5 Å². The van der Waals surface area contributed by atoms with Gasteiger partial charge >= 0.3 is 0 Å². The number of hydrogen-bond donors (Lipinski definition) is 2. The summed E-state index contributed by atoms with van der Waals surface area (Å²) in [6.07, 6.45) is 0.717. The van der Waals surface area contributed by atoms with Crippen LogP contribution < -0.4 is 11.1 Å². The summed E-state index contributed by atoms with van der Waals surface area (Å²) in [5.74, 6) is 0.142. The van der Waals surface area contributed by atoms with Crippen LogP contribution in [-0.2, 0) is 4.79 Å². The minimum atomic E-state index is -0.332. The zero-order chi connectivity index (χ0) is 11.4. The van der Waals surface area contributed by atoms with Crippen molar-refractivity contribution in [2.24, 2.45) is 11.1 Å². The molecule has 3 heteroatoms. The van der Waals surface area contributed by atoms with Crippen molar-refractivity contribution in [1.82, 2.24) is 5.32 Å². The van der Waals surface area contributed by atoms with Crippen LogP contribution >= 0.6 is 0 Å². The van der Waals surface area contributed by atoms with Crippen molar-refractivity contribution in [2.45, 2.75) is 53.1 Å². The third kappa shape index (κ3) is 5.35. The molecule has 0 heterocycles. The molecule has 0 rings (SSSR count). The first-order valence-electron chi connectivity index (χ1n) is 5.28. The van der Waals surface area contributed by atoms with E-state index in [1.807, 2.05) is 20.8 Å². The van der Waals surface area contributed by atoms with E-state index in [-0.39, 0.29) is 17.2 Å². The minimum absolute atomic E-state index is 0.142. The van der Waals surface area contributed by atoms with Crippen LogP contribution in [0.3, 0.4) is 0 Å². The average Bonchev–Trinajstić information content (AvgIpc) is 2.00. The van der Waals surface area contributed by atoms with Crippen molar-refractivity contribution in [2.75, 3.05) is 6.54 Å². The Labute approximate surface area is 87.4 Å². The van der Waals surface area contributed by atoms with Gasteiger partial charge in [-0.05, 0) is 13.0 Å². The predicted molar refractivity (Wildman–Crippen MR) is 60.2 cm³/mol. The highest BCUT2D eigenvalue weighted by Gasteiger charge is 2.26. The summed E-state index contributed by atoms with van der Waals surface area (Å²) < 4.78 is 0. The van der Waals surface area contributed by atoms with Crippen molar-refractivity contribution in [3.8, 4) is 0 Å². The van der Waals surface area contributed by atoms with E-state index < -0.39 is 0 Å². The summed E-state index contributed by atoms with van der Waals surface area (Å²) in [4.78, 5) is 11.7. The highest BCUT2D eigenvalue weighted by Crippen LogP contribution is 2.16. The third-order valence-corrected chi connectivity index (χ3v) is 2.08. The number of carbonyl (C=O) groups excluding carboxylic acids is 1. The zero-order valence-electron chi connectivity index (χ0n) is 10.1. The first-order valence-corrected chi connectivity index (χ1v) is 5.28. The molecule has 0 aromatic heterocycles. The summed E-state index contributed by atoms with van der Waals surface area (Å²) >= 11 is 0. The molecule has 0 unspecified atom stereocenters. The highest BCUT2D eigenvalue weighted by molar-refractivity contribution is 5.88. The van der Waals surface area contributed by atoms with Gasteiger partial charge in [0.15, 0.2) is 5.78 Å². The monoisotopic (exact) mass is 200 g/mol. The molecule has 1 atom stereocenters. The highest BCUT2D eigenvalue weighted by atomic mass is 16.1. The largest absolute Gasteiger partial charge is 0.321 e. The maximum Gasteiger partial charge on any atom is 0.154 e. The molecule has 84 valence electrons. The molecule has 0 aromatic rings. The van der Waals surface area contributed by atoms with Crippen molar-refractivity contribution in [1.29, 1.82) is 0 Å². The van der Waals surface area contributed by atoms with Gasteiger partial charge in [0.25, 0.3) is 0 Å². The number of rotatable bonds is 5. The van der Waals surface area contributed by atoms with Crippen LogP contribution in [0.5, 0.6) is 0 Å². The minimum Gasteiger partial charge on any atom is -0.321 e. The summed E-state index contributed by atoms with van der Waals surface area (Å²) in [6, 6.07) is 0.119. The van der Waals surface area contributed by atoms with Gasteiger partial charge in [0.1, 0.15) is 0 Å². The van der Waals surface area contributed by atoms with E-state index in [0.717, 1.165) is 6.54 Å². The molecule has 0 radical (unpaired) electrons. The van der Waals surface area contributed by atoms with Crippen LogP contribution in [0, 0.1) is 5.41 Å². The molecule has 0 aliphatic carbocycles. The Bertz CT molecular complexity index is 182. The average molecular weight is 200 g/mol. The smallest absolute Gasteiger partial charge is 0.154 e.